The number of nitrogens with one attached hydrogen (secondary N) is 2. The molecule has 6 heteroatoms. The summed E-state index contributed by atoms with van der Waals surface area (Å²) in [6, 6.07) is -0.0915. The average Bonchev–Trinajstić information content (AvgIpc) is 2.18. The Hall–Kier alpha value is -0.170. The fourth-order valence-corrected chi connectivity index (χ4v) is 2.56. The van der Waals surface area contributed by atoms with E-state index in [4.69, 9.17) is 4.74 Å². The predicted molar refractivity (Wildman–Crippen MR) is 54.2 cm³/mol. The van der Waals surface area contributed by atoms with Crippen molar-refractivity contribution in [1.29, 1.82) is 0 Å². The quantitative estimate of drug-likeness (QED) is 0.703. The van der Waals surface area contributed by atoms with Crippen molar-refractivity contribution in [3.05, 3.63) is 0 Å². The summed E-state index contributed by atoms with van der Waals surface area (Å²) in [6.45, 7) is 0. The van der Waals surface area contributed by atoms with E-state index in [1.165, 1.54) is 7.05 Å². The van der Waals surface area contributed by atoms with Gasteiger partial charge in [0.25, 0.3) is 10.2 Å². The molecule has 0 aliphatic heterocycles. The molecule has 0 aromatic rings. The zero-order valence-corrected chi connectivity index (χ0v) is 9.43. The van der Waals surface area contributed by atoms with E-state index in [0.717, 1.165) is 25.7 Å². The lowest BCUT2D eigenvalue weighted by Gasteiger charge is -2.30. The molecular formula is C8H18N2O3S. The van der Waals surface area contributed by atoms with Gasteiger partial charge in [-0.2, -0.15) is 13.1 Å². The van der Waals surface area contributed by atoms with Gasteiger partial charge in [0.2, 0.25) is 0 Å². The molecule has 1 saturated carbocycles. The van der Waals surface area contributed by atoms with Gasteiger partial charge in [0.1, 0.15) is 0 Å². The van der Waals surface area contributed by atoms with Crippen LogP contribution in [0.1, 0.15) is 25.7 Å². The van der Waals surface area contributed by atoms with Crippen molar-refractivity contribution in [1.82, 2.24) is 9.44 Å². The van der Waals surface area contributed by atoms with Gasteiger partial charge < -0.3 is 4.74 Å². The largest absolute Gasteiger partial charge is 0.380 e. The van der Waals surface area contributed by atoms with Crippen molar-refractivity contribution in [2.75, 3.05) is 14.2 Å². The molecule has 0 unspecified atom stereocenters. The van der Waals surface area contributed by atoms with Crippen molar-refractivity contribution in [2.24, 2.45) is 0 Å². The second-order valence-electron chi connectivity index (χ2n) is 3.49. The summed E-state index contributed by atoms with van der Waals surface area (Å²) in [4.78, 5) is 0. The van der Waals surface area contributed by atoms with Crippen LogP contribution in [0.4, 0.5) is 0 Å². The monoisotopic (exact) mass is 222 g/mol. The van der Waals surface area contributed by atoms with Crippen LogP contribution in [-0.4, -0.2) is 34.7 Å². The molecule has 14 heavy (non-hydrogen) atoms. The van der Waals surface area contributed by atoms with E-state index < -0.39 is 10.2 Å². The Morgan fingerprint density at radius 3 is 2.50 bits per heavy atom. The highest BCUT2D eigenvalue weighted by atomic mass is 32.2. The molecule has 0 saturated heterocycles. The Kier molecular flexibility index (Phi) is 4.31. The average molecular weight is 222 g/mol. The second-order valence-corrected chi connectivity index (χ2v) is 5.14. The Morgan fingerprint density at radius 2 is 1.93 bits per heavy atom. The molecule has 0 heterocycles. The van der Waals surface area contributed by atoms with Gasteiger partial charge in [-0.1, -0.05) is 12.8 Å². The third-order valence-electron chi connectivity index (χ3n) is 2.58. The lowest BCUT2D eigenvalue weighted by Crippen LogP contribution is -2.49. The smallest absolute Gasteiger partial charge is 0.276 e. The second kappa shape index (κ2) is 5.06. The highest BCUT2D eigenvalue weighted by Gasteiger charge is 2.27. The minimum absolute atomic E-state index is 0.00637. The molecule has 0 amide bonds. The maximum absolute atomic E-state index is 11.3. The Morgan fingerprint density at radius 1 is 1.29 bits per heavy atom. The van der Waals surface area contributed by atoms with Gasteiger partial charge in [0, 0.05) is 20.2 Å². The normalized spacial score (nSPS) is 29.0. The van der Waals surface area contributed by atoms with E-state index in [2.05, 4.69) is 9.44 Å². The molecule has 5 nitrogen and oxygen atoms in total. The van der Waals surface area contributed by atoms with E-state index >= 15 is 0 Å². The van der Waals surface area contributed by atoms with E-state index in [1.807, 2.05) is 0 Å². The van der Waals surface area contributed by atoms with Gasteiger partial charge >= 0.3 is 0 Å². The van der Waals surface area contributed by atoms with Gasteiger partial charge in [-0.25, -0.2) is 4.72 Å². The number of hydrogen-bond donors (Lipinski definition) is 2. The van der Waals surface area contributed by atoms with E-state index in [1.54, 1.807) is 7.11 Å². The first-order valence-electron chi connectivity index (χ1n) is 4.82. The third kappa shape index (κ3) is 3.20. The molecule has 1 rings (SSSR count). The van der Waals surface area contributed by atoms with Gasteiger partial charge in [-0.15, -0.1) is 0 Å². The molecule has 84 valence electrons. The first-order chi connectivity index (χ1) is 6.59. The van der Waals surface area contributed by atoms with Crippen LogP contribution in [0.15, 0.2) is 0 Å². The fraction of sp³-hybridized carbons (Fsp3) is 1.00. The third-order valence-corrected chi connectivity index (χ3v) is 3.73. The Balaban J connectivity index is 2.57. The Labute approximate surface area is 85.4 Å². The van der Waals surface area contributed by atoms with Gasteiger partial charge in [-0.3, -0.25) is 0 Å². The van der Waals surface area contributed by atoms with Crippen LogP contribution < -0.4 is 9.44 Å². The van der Waals surface area contributed by atoms with Crippen LogP contribution in [0.2, 0.25) is 0 Å². The van der Waals surface area contributed by atoms with Crippen molar-refractivity contribution in [2.45, 2.75) is 37.8 Å². The maximum atomic E-state index is 11.3. The van der Waals surface area contributed by atoms with Gasteiger partial charge in [0.05, 0.1) is 6.10 Å². The Bertz CT molecular complexity index is 266. The number of hydrogen-bond acceptors (Lipinski definition) is 3. The van der Waals surface area contributed by atoms with E-state index in [-0.39, 0.29) is 12.1 Å². The van der Waals surface area contributed by atoms with Crippen LogP contribution in [0.5, 0.6) is 0 Å². The van der Waals surface area contributed by atoms with Crippen LogP contribution in [-0.2, 0) is 14.9 Å². The number of ether oxygens (including phenoxy) is 1. The number of rotatable bonds is 4. The molecule has 0 bridgehead atoms. The first kappa shape index (κ1) is 11.9. The molecule has 0 spiro atoms. The van der Waals surface area contributed by atoms with Crippen molar-refractivity contribution in [3.8, 4) is 0 Å². The summed E-state index contributed by atoms with van der Waals surface area (Å²) < 4.78 is 32.6. The topological polar surface area (TPSA) is 67.4 Å². The van der Waals surface area contributed by atoms with E-state index in [9.17, 15) is 8.42 Å². The maximum Gasteiger partial charge on any atom is 0.276 e. The van der Waals surface area contributed by atoms with Crippen LogP contribution in [0.3, 0.4) is 0 Å². The van der Waals surface area contributed by atoms with Gasteiger partial charge in [0.15, 0.2) is 0 Å². The molecular weight excluding hydrogens is 204 g/mol. The number of methoxy groups -OCH3 is 1. The molecule has 2 atom stereocenters. The summed E-state index contributed by atoms with van der Waals surface area (Å²) in [5.74, 6) is 0. The van der Waals surface area contributed by atoms with Crippen molar-refractivity contribution < 1.29 is 13.2 Å². The SMILES string of the molecule is CNS(=O)(=O)N[C@@H]1CCCC[C@H]1OC. The zero-order chi connectivity index (χ0) is 10.6. The molecule has 0 aromatic heterocycles. The summed E-state index contributed by atoms with van der Waals surface area (Å²) in [6.07, 6.45) is 3.94. The summed E-state index contributed by atoms with van der Waals surface area (Å²) in [5, 5.41) is 0. The highest BCUT2D eigenvalue weighted by molar-refractivity contribution is 7.87. The lowest BCUT2D eigenvalue weighted by atomic mass is 9.93. The first-order valence-corrected chi connectivity index (χ1v) is 6.31. The molecule has 0 radical (unpaired) electrons. The van der Waals surface area contributed by atoms with E-state index in [0.29, 0.717) is 0 Å². The summed E-state index contributed by atoms with van der Waals surface area (Å²) in [7, 11) is -0.325. The van der Waals surface area contributed by atoms with Crippen LogP contribution in [0.25, 0.3) is 0 Å². The summed E-state index contributed by atoms with van der Waals surface area (Å²) >= 11 is 0. The van der Waals surface area contributed by atoms with Crippen LogP contribution in [0, 0.1) is 0 Å². The zero-order valence-electron chi connectivity index (χ0n) is 8.62. The minimum atomic E-state index is -3.34. The minimum Gasteiger partial charge on any atom is -0.380 e. The molecule has 1 fully saturated rings. The van der Waals surface area contributed by atoms with Gasteiger partial charge in [-0.05, 0) is 12.8 Å². The molecule has 1 aliphatic carbocycles. The van der Waals surface area contributed by atoms with Crippen LogP contribution >= 0.6 is 0 Å². The predicted octanol–water partition coefficient (Wildman–Crippen LogP) is -0.00220. The van der Waals surface area contributed by atoms with Crippen molar-refractivity contribution in [3.63, 3.8) is 0 Å². The standard InChI is InChI=1S/C8H18N2O3S/c1-9-14(11,12)10-7-5-3-4-6-8(7)13-2/h7-10H,3-6H2,1-2H3/t7-,8-/m1/s1. The van der Waals surface area contributed by atoms with Crippen molar-refractivity contribution >= 4 is 10.2 Å². The molecule has 0 aromatic carbocycles. The highest BCUT2D eigenvalue weighted by Crippen LogP contribution is 2.20. The molecule has 1 aliphatic rings. The lowest BCUT2D eigenvalue weighted by molar-refractivity contribution is 0.0492. The molecule has 2 N–H and O–H groups in total. The summed E-state index contributed by atoms with van der Waals surface area (Å²) in [5.41, 5.74) is 0. The fourth-order valence-electron chi connectivity index (χ4n) is 1.77.